The second-order valence-corrected chi connectivity index (χ2v) is 7.05. The van der Waals surface area contributed by atoms with Crippen LogP contribution in [-0.2, 0) is 33.6 Å². The third-order valence-electron chi connectivity index (χ3n) is 4.55. The Hall–Kier alpha value is -2.71. The summed E-state index contributed by atoms with van der Waals surface area (Å²) in [6.45, 7) is -1.10. The van der Waals surface area contributed by atoms with Gasteiger partial charge in [-0.05, 0) is 23.3 Å². The fourth-order valence-corrected chi connectivity index (χ4v) is 3.07. The van der Waals surface area contributed by atoms with Crippen molar-refractivity contribution < 1.29 is 58.6 Å². The van der Waals surface area contributed by atoms with Gasteiger partial charge in [0.2, 0.25) is 0 Å². The molecule has 0 radical (unpaired) electrons. The Labute approximate surface area is 180 Å². The minimum absolute atomic E-state index is 0.0474. The number of ether oxygens (including phenoxy) is 2. The Balaban J connectivity index is 2.02. The number of benzene rings is 1. The molecule has 1 fully saturated rings. The maximum atomic E-state index is 13.1. The number of piperazine rings is 1. The maximum absolute atomic E-state index is 13.1. The molecule has 1 amide bonds. The van der Waals surface area contributed by atoms with Gasteiger partial charge in [-0.25, -0.2) is 4.79 Å². The number of carbonyl (C=O) groups excluding carboxylic acids is 2. The highest BCUT2D eigenvalue weighted by Crippen LogP contribution is 2.36. The van der Waals surface area contributed by atoms with E-state index in [1.54, 1.807) is 4.90 Å². The van der Waals surface area contributed by atoms with Crippen molar-refractivity contribution in [2.75, 3.05) is 26.2 Å². The van der Waals surface area contributed by atoms with Gasteiger partial charge in [-0.2, -0.15) is 39.5 Å². The van der Waals surface area contributed by atoms with Gasteiger partial charge in [-0.3, -0.25) is 9.69 Å². The van der Waals surface area contributed by atoms with Crippen molar-refractivity contribution in [1.82, 2.24) is 9.80 Å². The Morgan fingerprint density at radius 1 is 0.909 bits per heavy atom. The molecule has 186 valence electrons. The van der Waals surface area contributed by atoms with Crippen molar-refractivity contribution in [3.63, 3.8) is 0 Å². The minimum atomic E-state index is -5.84. The zero-order valence-corrected chi connectivity index (χ0v) is 16.6. The van der Waals surface area contributed by atoms with Crippen LogP contribution in [0.3, 0.4) is 0 Å². The first kappa shape index (κ1) is 26.5. The van der Waals surface area contributed by atoms with Crippen LogP contribution in [0.4, 0.5) is 44.3 Å². The molecule has 0 spiro atoms. The Morgan fingerprint density at radius 3 is 1.94 bits per heavy atom. The summed E-state index contributed by atoms with van der Waals surface area (Å²) in [5, 5.41) is 0. The molecule has 0 atom stereocenters. The van der Waals surface area contributed by atoms with Crippen molar-refractivity contribution in [3.05, 3.63) is 34.9 Å². The number of hydrogen-bond acceptors (Lipinski definition) is 5. The standard InChI is InChI=1S/C18H17F9N2O4/c19-16(20,21)13-6-11(5-12(7-13)9-32-10-30)8-28-1-3-29(4-2-28)15(31)33-14(17(22,23)24)18(25,26)27/h5-7,10,14H,1-4,8-9H2. The summed E-state index contributed by atoms with van der Waals surface area (Å²) >= 11 is 0. The third-order valence-corrected chi connectivity index (χ3v) is 4.55. The number of alkyl halides is 9. The van der Waals surface area contributed by atoms with E-state index < -0.39 is 42.9 Å². The maximum Gasteiger partial charge on any atom is 0.434 e. The molecule has 1 aromatic carbocycles. The van der Waals surface area contributed by atoms with Crippen LogP contribution in [-0.4, -0.2) is 67.0 Å². The molecule has 1 aliphatic rings. The molecular formula is C18H17F9N2O4. The average molecular weight is 496 g/mol. The second kappa shape index (κ2) is 10.1. The first-order valence-electron chi connectivity index (χ1n) is 9.18. The molecule has 6 nitrogen and oxygen atoms in total. The molecular weight excluding hydrogens is 479 g/mol. The zero-order valence-electron chi connectivity index (χ0n) is 16.6. The highest BCUT2D eigenvalue weighted by molar-refractivity contribution is 5.68. The summed E-state index contributed by atoms with van der Waals surface area (Å²) in [5.41, 5.74) is -0.740. The molecule has 15 heteroatoms. The molecule has 1 saturated heterocycles. The molecule has 1 aliphatic heterocycles. The van der Waals surface area contributed by atoms with Gasteiger partial charge in [-0.1, -0.05) is 6.07 Å². The first-order valence-corrected chi connectivity index (χ1v) is 9.18. The summed E-state index contributed by atoms with van der Waals surface area (Å²) in [4.78, 5) is 24.3. The van der Waals surface area contributed by atoms with Crippen molar-refractivity contribution in [2.45, 2.75) is 37.8 Å². The van der Waals surface area contributed by atoms with E-state index in [4.69, 9.17) is 0 Å². The van der Waals surface area contributed by atoms with Crippen LogP contribution >= 0.6 is 0 Å². The average Bonchev–Trinajstić information content (AvgIpc) is 2.68. The smallest absolute Gasteiger partial charge is 0.434 e. The molecule has 0 unspecified atom stereocenters. The lowest BCUT2D eigenvalue weighted by Crippen LogP contribution is -2.52. The number of amides is 1. The van der Waals surface area contributed by atoms with Crippen molar-refractivity contribution in [1.29, 1.82) is 0 Å². The lowest BCUT2D eigenvalue weighted by Gasteiger charge is -2.35. The molecule has 1 aromatic rings. The number of nitrogens with zero attached hydrogens (tertiary/aromatic N) is 2. The van der Waals surface area contributed by atoms with E-state index >= 15 is 0 Å². The molecule has 1 heterocycles. The number of rotatable bonds is 6. The van der Waals surface area contributed by atoms with Gasteiger partial charge < -0.3 is 14.4 Å². The number of hydrogen-bond donors (Lipinski definition) is 0. The van der Waals surface area contributed by atoms with Gasteiger partial charge in [0.25, 0.3) is 12.6 Å². The van der Waals surface area contributed by atoms with Gasteiger partial charge >= 0.3 is 24.6 Å². The first-order chi connectivity index (χ1) is 15.1. The number of halogens is 9. The fraction of sp³-hybridized carbons (Fsp3) is 0.556. The second-order valence-electron chi connectivity index (χ2n) is 7.05. The van der Waals surface area contributed by atoms with E-state index in [1.165, 1.54) is 6.07 Å². The van der Waals surface area contributed by atoms with Gasteiger partial charge in [0.15, 0.2) is 0 Å². The van der Waals surface area contributed by atoms with Crippen LogP contribution in [0, 0.1) is 0 Å². The van der Waals surface area contributed by atoms with E-state index in [-0.39, 0.29) is 50.3 Å². The van der Waals surface area contributed by atoms with Gasteiger partial charge in [-0.15, -0.1) is 0 Å². The largest absolute Gasteiger partial charge is 0.463 e. The summed E-state index contributed by atoms with van der Waals surface area (Å²) in [7, 11) is 0. The summed E-state index contributed by atoms with van der Waals surface area (Å²) in [6, 6.07) is 3.03. The Bertz CT molecular complexity index is 818. The highest BCUT2D eigenvalue weighted by Gasteiger charge is 2.60. The molecule has 0 aromatic heterocycles. The van der Waals surface area contributed by atoms with Crippen molar-refractivity contribution >= 4 is 12.6 Å². The van der Waals surface area contributed by atoms with Crippen LogP contribution in [0.5, 0.6) is 0 Å². The van der Waals surface area contributed by atoms with Crippen LogP contribution in [0.25, 0.3) is 0 Å². The van der Waals surface area contributed by atoms with Gasteiger partial charge in [0.05, 0.1) is 5.56 Å². The van der Waals surface area contributed by atoms with Gasteiger partial charge in [0, 0.05) is 32.7 Å². The van der Waals surface area contributed by atoms with E-state index in [0.717, 1.165) is 12.1 Å². The number of carbonyl (C=O) groups is 2. The van der Waals surface area contributed by atoms with E-state index in [2.05, 4.69) is 9.47 Å². The topological polar surface area (TPSA) is 59.1 Å². The van der Waals surface area contributed by atoms with Gasteiger partial charge in [0.1, 0.15) is 6.61 Å². The molecule has 0 N–H and O–H groups in total. The lowest BCUT2D eigenvalue weighted by atomic mass is 10.0. The van der Waals surface area contributed by atoms with E-state index in [0.29, 0.717) is 4.90 Å². The lowest BCUT2D eigenvalue weighted by molar-refractivity contribution is -0.308. The monoisotopic (exact) mass is 496 g/mol. The minimum Gasteiger partial charge on any atom is -0.463 e. The molecule has 0 bridgehead atoms. The SMILES string of the molecule is O=COCc1cc(CN2CCN(C(=O)OC(C(F)(F)F)C(F)(F)F)CC2)cc(C(F)(F)F)c1. The van der Waals surface area contributed by atoms with Crippen molar-refractivity contribution in [3.8, 4) is 0 Å². The van der Waals surface area contributed by atoms with Crippen LogP contribution in [0.1, 0.15) is 16.7 Å². The summed E-state index contributed by atoms with van der Waals surface area (Å²) in [5.74, 6) is 0. The predicted octanol–water partition coefficient (Wildman–Crippen LogP) is 4.13. The Morgan fingerprint density at radius 2 is 1.45 bits per heavy atom. The molecule has 0 saturated carbocycles. The summed E-state index contributed by atoms with van der Waals surface area (Å²) in [6.07, 6.45) is -22.4. The van der Waals surface area contributed by atoms with E-state index in [1.807, 2.05) is 0 Å². The normalized spacial score (nSPS) is 16.1. The highest BCUT2D eigenvalue weighted by atomic mass is 19.4. The molecule has 0 aliphatic carbocycles. The third kappa shape index (κ3) is 7.68. The quantitative estimate of drug-likeness (QED) is 0.438. The fourth-order valence-electron chi connectivity index (χ4n) is 3.07. The summed E-state index contributed by atoms with van der Waals surface area (Å²) < 4.78 is 123. The Kier molecular flexibility index (Phi) is 8.09. The predicted molar refractivity (Wildman–Crippen MR) is 91.5 cm³/mol. The van der Waals surface area contributed by atoms with Crippen LogP contribution < -0.4 is 0 Å². The van der Waals surface area contributed by atoms with Crippen molar-refractivity contribution in [2.24, 2.45) is 0 Å². The zero-order chi connectivity index (χ0) is 25.0. The van der Waals surface area contributed by atoms with E-state index in [9.17, 15) is 49.1 Å². The molecule has 33 heavy (non-hydrogen) atoms. The van der Waals surface area contributed by atoms with Crippen LogP contribution in [0.2, 0.25) is 0 Å². The molecule has 2 rings (SSSR count). The van der Waals surface area contributed by atoms with Crippen LogP contribution in [0.15, 0.2) is 18.2 Å².